The molecule has 2 aromatic rings. The topological polar surface area (TPSA) is 31.4 Å². The fraction of sp³-hybridized carbons (Fsp3) is 0.348. The fourth-order valence-electron chi connectivity index (χ4n) is 4.61. The number of rotatable bonds is 0. The van der Waals surface area contributed by atoms with Gasteiger partial charge >= 0.3 is 0 Å². The van der Waals surface area contributed by atoms with E-state index >= 15 is 0 Å². The maximum atomic E-state index is 5.95. The van der Waals surface area contributed by atoms with E-state index in [0.717, 1.165) is 31.2 Å². The smallest absolute Gasteiger partial charge is 0.168 e. The molecule has 0 radical (unpaired) electrons. The molecule has 0 bridgehead atoms. The Morgan fingerprint density at radius 2 is 1.69 bits per heavy atom. The molecule has 0 atom stereocenters. The molecular formula is C23H21NO2. The molecular weight excluding hydrogens is 322 g/mol. The number of aromatic nitrogens is 1. The minimum absolute atomic E-state index is 0.00758. The van der Waals surface area contributed by atoms with Crippen LogP contribution in [0.1, 0.15) is 42.4 Å². The van der Waals surface area contributed by atoms with E-state index < -0.39 is 0 Å². The normalized spacial score (nSPS) is 21.9. The van der Waals surface area contributed by atoms with Gasteiger partial charge in [-0.15, -0.1) is 0 Å². The van der Waals surface area contributed by atoms with Gasteiger partial charge in [-0.2, -0.15) is 0 Å². The molecule has 1 saturated carbocycles. The molecule has 3 heteroatoms. The van der Waals surface area contributed by atoms with E-state index in [9.17, 15) is 0 Å². The largest absolute Gasteiger partial charge is 0.348 e. The van der Waals surface area contributed by atoms with E-state index in [1.165, 1.54) is 16.7 Å². The first-order chi connectivity index (χ1) is 12.8. The third-order valence-electron chi connectivity index (χ3n) is 5.97. The second-order valence-corrected chi connectivity index (χ2v) is 7.33. The Hall–Kier alpha value is -2.41. The first-order valence-corrected chi connectivity index (χ1v) is 9.31. The van der Waals surface area contributed by atoms with Crippen LogP contribution in [0.4, 0.5) is 0 Å². The van der Waals surface area contributed by atoms with E-state index in [1.807, 2.05) is 18.3 Å². The maximum absolute atomic E-state index is 5.95. The number of hydrogen-bond donors (Lipinski definition) is 0. The summed E-state index contributed by atoms with van der Waals surface area (Å²) in [6.07, 6.45) is 9.74. The second-order valence-electron chi connectivity index (χ2n) is 7.33. The molecule has 2 aliphatic carbocycles. The molecule has 2 heterocycles. The highest BCUT2D eigenvalue weighted by Crippen LogP contribution is 2.54. The van der Waals surface area contributed by atoms with Crippen LogP contribution < -0.4 is 0 Å². The number of ether oxygens (including phenoxy) is 2. The molecule has 130 valence electrons. The highest BCUT2D eigenvalue weighted by atomic mass is 16.7. The summed E-state index contributed by atoms with van der Waals surface area (Å²) in [5.41, 5.74) is 4.87. The summed E-state index contributed by atoms with van der Waals surface area (Å²) >= 11 is 0. The molecule has 0 amide bonds. The number of nitrogens with zero attached hydrogens (tertiary/aromatic N) is 1. The Kier molecular flexibility index (Phi) is 3.70. The Morgan fingerprint density at radius 1 is 0.885 bits per heavy atom. The van der Waals surface area contributed by atoms with Crippen LogP contribution in [-0.4, -0.2) is 24.0 Å². The first-order valence-electron chi connectivity index (χ1n) is 9.31. The van der Waals surface area contributed by atoms with E-state index in [2.05, 4.69) is 47.2 Å². The molecule has 1 aromatic carbocycles. The Labute approximate surface area is 154 Å². The molecule has 2 spiro atoms. The zero-order valence-corrected chi connectivity index (χ0v) is 14.7. The van der Waals surface area contributed by atoms with Gasteiger partial charge in [-0.25, -0.2) is 0 Å². The minimum atomic E-state index is -0.356. The van der Waals surface area contributed by atoms with Crippen molar-refractivity contribution in [2.75, 3.05) is 13.2 Å². The Balaban J connectivity index is 1.51. The molecule has 0 N–H and O–H groups in total. The van der Waals surface area contributed by atoms with Crippen molar-refractivity contribution in [2.24, 2.45) is 0 Å². The van der Waals surface area contributed by atoms with E-state index in [0.29, 0.717) is 13.2 Å². The summed E-state index contributed by atoms with van der Waals surface area (Å²) in [5.74, 6) is 6.43. The fourth-order valence-corrected chi connectivity index (χ4v) is 4.61. The summed E-state index contributed by atoms with van der Waals surface area (Å²) < 4.78 is 11.9. The minimum Gasteiger partial charge on any atom is -0.348 e. The standard InChI is InChI=1S/C23H21NO2/c1-2-6-21-19(5-1)16-20(8-7-18-4-3-13-24-17-18)22(21)9-11-23(12-10-22)25-14-15-26-23/h1-6,13,16-17H,9-12,14-15H2. The van der Waals surface area contributed by atoms with Gasteiger partial charge in [0.15, 0.2) is 5.79 Å². The zero-order chi connectivity index (χ0) is 17.5. The van der Waals surface area contributed by atoms with Crippen molar-refractivity contribution in [3.8, 4) is 11.8 Å². The van der Waals surface area contributed by atoms with Crippen LogP contribution >= 0.6 is 0 Å². The summed E-state index contributed by atoms with van der Waals surface area (Å²) in [5, 5.41) is 0. The highest BCUT2D eigenvalue weighted by Gasteiger charge is 2.50. The van der Waals surface area contributed by atoms with Crippen molar-refractivity contribution in [1.29, 1.82) is 0 Å². The van der Waals surface area contributed by atoms with Gasteiger partial charge in [-0.1, -0.05) is 36.1 Å². The monoisotopic (exact) mass is 343 g/mol. The van der Waals surface area contributed by atoms with Crippen LogP contribution in [0.25, 0.3) is 6.08 Å². The summed E-state index contributed by atoms with van der Waals surface area (Å²) in [6, 6.07) is 12.6. The Bertz CT molecular complexity index is 904. The molecule has 1 saturated heterocycles. The average molecular weight is 343 g/mol. The van der Waals surface area contributed by atoms with Crippen LogP contribution in [0.5, 0.6) is 0 Å². The van der Waals surface area contributed by atoms with Crippen LogP contribution in [0.3, 0.4) is 0 Å². The van der Waals surface area contributed by atoms with Crippen molar-refractivity contribution >= 4 is 6.08 Å². The van der Waals surface area contributed by atoms with Crippen LogP contribution in [0.2, 0.25) is 0 Å². The SMILES string of the molecule is C(#Cc1cccnc1)C1=Cc2ccccc2C12CCC1(CC2)OCCO1. The van der Waals surface area contributed by atoms with Gasteiger partial charge in [0, 0.05) is 41.8 Å². The van der Waals surface area contributed by atoms with Gasteiger partial charge in [-0.05, 0) is 42.2 Å². The van der Waals surface area contributed by atoms with Crippen molar-refractivity contribution in [3.63, 3.8) is 0 Å². The summed E-state index contributed by atoms with van der Waals surface area (Å²) in [6.45, 7) is 1.43. The number of pyridine rings is 1. The molecule has 3 nitrogen and oxygen atoms in total. The van der Waals surface area contributed by atoms with E-state index in [-0.39, 0.29) is 11.2 Å². The van der Waals surface area contributed by atoms with E-state index in [1.54, 1.807) is 6.20 Å². The first kappa shape index (κ1) is 15.8. The molecule has 3 aliphatic rings. The average Bonchev–Trinajstić information content (AvgIpc) is 3.27. The second kappa shape index (κ2) is 6.09. The highest BCUT2D eigenvalue weighted by molar-refractivity contribution is 5.74. The van der Waals surface area contributed by atoms with E-state index in [4.69, 9.17) is 9.47 Å². The molecule has 26 heavy (non-hydrogen) atoms. The molecule has 0 unspecified atom stereocenters. The molecule has 1 aliphatic heterocycles. The lowest BCUT2D eigenvalue weighted by Gasteiger charge is -2.43. The molecule has 5 rings (SSSR count). The third-order valence-corrected chi connectivity index (χ3v) is 5.97. The molecule has 2 fully saturated rings. The van der Waals surface area contributed by atoms with Gasteiger partial charge < -0.3 is 9.47 Å². The quantitative estimate of drug-likeness (QED) is 0.675. The van der Waals surface area contributed by atoms with Crippen molar-refractivity contribution < 1.29 is 9.47 Å². The van der Waals surface area contributed by atoms with Gasteiger partial charge in [0.25, 0.3) is 0 Å². The maximum Gasteiger partial charge on any atom is 0.168 e. The predicted molar refractivity (Wildman–Crippen MR) is 100 cm³/mol. The summed E-state index contributed by atoms with van der Waals surface area (Å²) in [7, 11) is 0. The van der Waals surface area contributed by atoms with Gasteiger partial charge in [0.05, 0.1) is 13.2 Å². The van der Waals surface area contributed by atoms with Crippen LogP contribution in [0.15, 0.2) is 54.4 Å². The molecule has 1 aromatic heterocycles. The Morgan fingerprint density at radius 3 is 2.46 bits per heavy atom. The van der Waals surface area contributed by atoms with Crippen molar-refractivity contribution in [3.05, 3.63) is 71.1 Å². The number of benzene rings is 1. The summed E-state index contributed by atoms with van der Waals surface area (Å²) in [4.78, 5) is 4.17. The number of fused-ring (bicyclic) bond motifs is 2. The van der Waals surface area contributed by atoms with Crippen molar-refractivity contribution in [2.45, 2.75) is 36.9 Å². The number of allylic oxidation sites excluding steroid dienone is 1. The van der Waals surface area contributed by atoms with Crippen LogP contribution in [0, 0.1) is 11.8 Å². The van der Waals surface area contributed by atoms with Gasteiger partial charge in [-0.3, -0.25) is 4.98 Å². The van der Waals surface area contributed by atoms with Crippen LogP contribution in [-0.2, 0) is 14.9 Å². The number of hydrogen-bond acceptors (Lipinski definition) is 3. The zero-order valence-electron chi connectivity index (χ0n) is 14.7. The van der Waals surface area contributed by atoms with Gasteiger partial charge in [0.1, 0.15) is 0 Å². The van der Waals surface area contributed by atoms with Gasteiger partial charge in [0.2, 0.25) is 0 Å². The lowest BCUT2D eigenvalue weighted by Crippen LogP contribution is -2.42. The predicted octanol–water partition coefficient (Wildman–Crippen LogP) is 4.09. The lowest BCUT2D eigenvalue weighted by atomic mass is 9.65. The lowest BCUT2D eigenvalue weighted by molar-refractivity contribution is -0.182. The van der Waals surface area contributed by atoms with Crippen molar-refractivity contribution in [1.82, 2.24) is 4.98 Å². The third kappa shape index (κ3) is 2.49.